The van der Waals surface area contributed by atoms with Gasteiger partial charge in [-0.1, -0.05) is 31.2 Å². The number of nitrogens with zero attached hydrogens (tertiary/aromatic N) is 2. The Morgan fingerprint density at radius 3 is 2.39 bits per heavy atom. The van der Waals surface area contributed by atoms with Gasteiger partial charge < -0.3 is 5.32 Å². The first-order valence-corrected chi connectivity index (χ1v) is 6.33. The average Bonchev–Trinajstić information content (AvgIpc) is 2.41. The van der Waals surface area contributed by atoms with Crippen molar-refractivity contribution in [1.29, 1.82) is 0 Å². The highest BCUT2D eigenvalue weighted by Gasteiger charge is 2.07. The summed E-state index contributed by atoms with van der Waals surface area (Å²) in [6.07, 6.45) is 4.49. The van der Waals surface area contributed by atoms with Crippen molar-refractivity contribution in [1.82, 2.24) is 9.97 Å². The fraction of sp³-hybridized carbons (Fsp3) is 0.333. The molecule has 1 unspecified atom stereocenters. The Kier molecular flexibility index (Phi) is 3.92. The minimum Gasteiger partial charge on any atom is -0.362 e. The molecule has 0 aliphatic carbocycles. The zero-order chi connectivity index (χ0) is 13.0. The van der Waals surface area contributed by atoms with E-state index in [9.17, 15) is 0 Å². The van der Waals surface area contributed by atoms with E-state index in [4.69, 9.17) is 0 Å². The summed E-state index contributed by atoms with van der Waals surface area (Å²) in [5.74, 6) is 0.851. The molecule has 0 saturated heterocycles. The maximum atomic E-state index is 4.30. The molecule has 1 aromatic heterocycles. The summed E-state index contributed by atoms with van der Waals surface area (Å²) in [7, 11) is 0. The second-order valence-corrected chi connectivity index (χ2v) is 4.45. The molecule has 1 N–H and O–H groups in total. The van der Waals surface area contributed by atoms with Gasteiger partial charge in [0.2, 0.25) is 0 Å². The Balaban J connectivity index is 2.11. The molecule has 0 aliphatic heterocycles. The highest BCUT2D eigenvalue weighted by Crippen LogP contribution is 2.19. The molecule has 0 radical (unpaired) electrons. The molecule has 2 aromatic rings. The normalized spacial score (nSPS) is 12.2. The summed E-state index contributed by atoms with van der Waals surface area (Å²) >= 11 is 0. The zero-order valence-corrected chi connectivity index (χ0v) is 11.1. The Hall–Kier alpha value is -1.90. The van der Waals surface area contributed by atoms with E-state index in [-0.39, 0.29) is 6.04 Å². The van der Waals surface area contributed by atoms with Gasteiger partial charge in [0, 0.05) is 12.4 Å². The number of hydrogen-bond donors (Lipinski definition) is 1. The highest BCUT2D eigenvalue weighted by molar-refractivity contribution is 5.41. The predicted molar refractivity (Wildman–Crippen MR) is 74.6 cm³/mol. The third-order valence-corrected chi connectivity index (χ3v) is 3.12. The van der Waals surface area contributed by atoms with Crippen LogP contribution < -0.4 is 5.32 Å². The maximum Gasteiger partial charge on any atom is 0.147 e. The SMILES string of the molecule is CCc1ccc(C(C)Nc2nccnc2C)cc1. The number of nitrogens with one attached hydrogen (secondary N) is 1. The zero-order valence-electron chi connectivity index (χ0n) is 11.1. The van der Waals surface area contributed by atoms with E-state index in [0.717, 1.165) is 17.9 Å². The number of hydrogen-bond acceptors (Lipinski definition) is 3. The standard InChI is InChI=1S/C15H19N3/c1-4-13-5-7-14(8-6-13)11(2)18-15-12(3)16-9-10-17-15/h5-11H,4H2,1-3H3,(H,17,18). The first kappa shape index (κ1) is 12.6. The van der Waals surface area contributed by atoms with Gasteiger partial charge in [-0.25, -0.2) is 4.98 Å². The third kappa shape index (κ3) is 2.86. The van der Waals surface area contributed by atoms with Crippen LogP contribution >= 0.6 is 0 Å². The van der Waals surface area contributed by atoms with Crippen LogP contribution in [0.25, 0.3) is 0 Å². The summed E-state index contributed by atoms with van der Waals surface area (Å²) in [6, 6.07) is 8.92. The second-order valence-electron chi connectivity index (χ2n) is 4.45. The molecular weight excluding hydrogens is 222 g/mol. The molecule has 0 spiro atoms. The van der Waals surface area contributed by atoms with Crippen LogP contribution in [0.5, 0.6) is 0 Å². The van der Waals surface area contributed by atoms with Crippen molar-refractivity contribution in [3.8, 4) is 0 Å². The van der Waals surface area contributed by atoms with Gasteiger partial charge in [0.25, 0.3) is 0 Å². The summed E-state index contributed by atoms with van der Waals surface area (Å²) in [5, 5.41) is 3.39. The van der Waals surface area contributed by atoms with Crippen molar-refractivity contribution in [2.75, 3.05) is 5.32 Å². The van der Waals surface area contributed by atoms with Gasteiger partial charge >= 0.3 is 0 Å². The minimum atomic E-state index is 0.228. The lowest BCUT2D eigenvalue weighted by atomic mass is 10.1. The van der Waals surface area contributed by atoms with E-state index in [2.05, 4.69) is 53.4 Å². The molecule has 0 saturated carbocycles. The summed E-state index contributed by atoms with van der Waals surface area (Å²) < 4.78 is 0. The van der Waals surface area contributed by atoms with Crippen molar-refractivity contribution in [2.24, 2.45) is 0 Å². The Morgan fingerprint density at radius 2 is 1.78 bits per heavy atom. The maximum absolute atomic E-state index is 4.30. The lowest BCUT2D eigenvalue weighted by molar-refractivity contribution is 0.864. The van der Waals surface area contributed by atoms with Crippen molar-refractivity contribution in [3.05, 3.63) is 53.5 Å². The molecule has 3 heteroatoms. The second kappa shape index (κ2) is 5.63. The Morgan fingerprint density at radius 1 is 1.11 bits per heavy atom. The van der Waals surface area contributed by atoms with E-state index in [0.29, 0.717) is 0 Å². The van der Waals surface area contributed by atoms with Gasteiger partial charge in [0.1, 0.15) is 5.82 Å². The molecule has 1 atom stereocenters. The third-order valence-electron chi connectivity index (χ3n) is 3.12. The van der Waals surface area contributed by atoms with Crippen LogP contribution in [0, 0.1) is 6.92 Å². The van der Waals surface area contributed by atoms with Gasteiger partial charge in [-0.3, -0.25) is 4.98 Å². The Bertz CT molecular complexity index is 505. The number of rotatable bonds is 4. The molecule has 1 aromatic carbocycles. The van der Waals surface area contributed by atoms with Gasteiger partial charge in [-0.2, -0.15) is 0 Å². The lowest BCUT2D eigenvalue weighted by Gasteiger charge is -2.16. The quantitative estimate of drug-likeness (QED) is 0.890. The number of benzene rings is 1. The number of aryl methyl sites for hydroxylation is 2. The van der Waals surface area contributed by atoms with E-state index in [1.807, 2.05) is 6.92 Å². The van der Waals surface area contributed by atoms with Crippen molar-refractivity contribution in [3.63, 3.8) is 0 Å². The molecule has 2 rings (SSSR count). The molecule has 0 aliphatic rings. The highest BCUT2D eigenvalue weighted by atomic mass is 15.0. The molecule has 0 fully saturated rings. The van der Waals surface area contributed by atoms with Crippen molar-refractivity contribution < 1.29 is 0 Å². The topological polar surface area (TPSA) is 37.8 Å². The van der Waals surface area contributed by atoms with Crippen LogP contribution in [-0.4, -0.2) is 9.97 Å². The van der Waals surface area contributed by atoms with Gasteiger partial charge in [-0.05, 0) is 31.4 Å². The van der Waals surface area contributed by atoms with Crippen molar-refractivity contribution >= 4 is 5.82 Å². The number of anilines is 1. The van der Waals surface area contributed by atoms with E-state index < -0.39 is 0 Å². The average molecular weight is 241 g/mol. The van der Waals surface area contributed by atoms with Crippen LogP contribution in [0.2, 0.25) is 0 Å². The van der Waals surface area contributed by atoms with Crippen LogP contribution in [0.3, 0.4) is 0 Å². The van der Waals surface area contributed by atoms with Gasteiger partial charge in [0.05, 0.1) is 11.7 Å². The molecule has 18 heavy (non-hydrogen) atoms. The summed E-state index contributed by atoms with van der Waals surface area (Å²) in [6.45, 7) is 6.26. The van der Waals surface area contributed by atoms with Crippen LogP contribution in [-0.2, 0) is 6.42 Å². The van der Waals surface area contributed by atoms with Crippen molar-refractivity contribution in [2.45, 2.75) is 33.2 Å². The molecule has 3 nitrogen and oxygen atoms in total. The van der Waals surface area contributed by atoms with E-state index >= 15 is 0 Å². The molecule has 0 amide bonds. The largest absolute Gasteiger partial charge is 0.362 e. The molecular formula is C15H19N3. The fourth-order valence-corrected chi connectivity index (χ4v) is 1.88. The summed E-state index contributed by atoms with van der Waals surface area (Å²) in [5.41, 5.74) is 3.55. The van der Waals surface area contributed by atoms with Crippen LogP contribution in [0.15, 0.2) is 36.7 Å². The van der Waals surface area contributed by atoms with Gasteiger partial charge in [-0.15, -0.1) is 0 Å². The summed E-state index contributed by atoms with van der Waals surface area (Å²) in [4.78, 5) is 8.53. The Labute approximate surface area is 108 Å². The monoisotopic (exact) mass is 241 g/mol. The minimum absolute atomic E-state index is 0.228. The van der Waals surface area contributed by atoms with E-state index in [1.54, 1.807) is 12.4 Å². The molecule has 0 bridgehead atoms. The first-order chi connectivity index (χ1) is 8.70. The van der Waals surface area contributed by atoms with Crippen LogP contribution in [0.4, 0.5) is 5.82 Å². The molecule has 1 heterocycles. The number of aromatic nitrogens is 2. The van der Waals surface area contributed by atoms with Gasteiger partial charge in [0.15, 0.2) is 0 Å². The first-order valence-electron chi connectivity index (χ1n) is 6.33. The smallest absolute Gasteiger partial charge is 0.147 e. The van der Waals surface area contributed by atoms with Crippen LogP contribution in [0.1, 0.15) is 36.7 Å². The predicted octanol–water partition coefficient (Wildman–Crippen LogP) is 3.52. The van der Waals surface area contributed by atoms with E-state index in [1.165, 1.54) is 11.1 Å². The lowest BCUT2D eigenvalue weighted by Crippen LogP contribution is -2.09. The molecule has 94 valence electrons. The fourth-order valence-electron chi connectivity index (χ4n) is 1.88.